The minimum Gasteiger partial charge on any atom is -0.454 e. The summed E-state index contributed by atoms with van der Waals surface area (Å²) in [4.78, 5) is 26.5. The Hall–Kier alpha value is -2.38. The molecular weight excluding hydrogens is 943 g/mol. The fourth-order valence-corrected chi connectivity index (χ4v) is 9.72. The van der Waals surface area contributed by atoms with Crippen LogP contribution in [0.4, 0.5) is 0 Å². The Balaban J connectivity index is 2.67. The lowest BCUT2D eigenvalue weighted by Crippen LogP contribution is -2.61. The molecule has 8 unspecified atom stereocenters. The maximum atomic E-state index is 13.4. The number of allylic oxidation sites excluding steroid dienone is 7. The van der Waals surface area contributed by atoms with Crippen LogP contribution in [0.2, 0.25) is 0 Å². The Labute approximate surface area is 459 Å². The highest BCUT2D eigenvalue weighted by Crippen LogP contribution is 2.26. The van der Waals surface area contributed by atoms with Gasteiger partial charge < -0.3 is 45.1 Å². The standard InChI is InChI=1S/C64H117NO10/c1-4-7-10-13-16-19-22-25-27-28-29-30-31-32-33-36-39-42-45-48-51-57(68)63(72)65-55(56(67)50-47-44-41-38-35-24-21-18-15-12-9-6-3)54-73-64-62(61(71)60(70)58(53-66)74-64)75-59(69)52-49-46-43-40-37-34-26-23-20-17-14-11-8-5-2/h16,19,25,27,29-30,47,50,55-58,60-62,64,66-68,70-71H,4-15,17-18,20-24,26,28,31-46,48-49,51-54H2,1-3H3,(H,65,72)/b19-16-,27-25-,30-29-,50-47+. The van der Waals surface area contributed by atoms with E-state index in [0.29, 0.717) is 12.8 Å². The number of rotatable bonds is 53. The van der Waals surface area contributed by atoms with Crippen molar-refractivity contribution >= 4 is 11.9 Å². The fraction of sp³-hybridized carbons (Fsp3) is 0.844. The van der Waals surface area contributed by atoms with Gasteiger partial charge in [0.05, 0.1) is 25.4 Å². The molecule has 1 aliphatic rings. The van der Waals surface area contributed by atoms with Gasteiger partial charge in [0.2, 0.25) is 5.91 Å². The number of ether oxygens (including phenoxy) is 3. The molecule has 1 heterocycles. The molecule has 11 heteroatoms. The zero-order chi connectivity index (χ0) is 54.7. The lowest BCUT2D eigenvalue weighted by molar-refractivity contribution is -0.305. The van der Waals surface area contributed by atoms with Crippen LogP contribution < -0.4 is 5.32 Å². The van der Waals surface area contributed by atoms with E-state index < -0.39 is 67.4 Å². The van der Waals surface area contributed by atoms with Crippen LogP contribution in [-0.2, 0) is 23.8 Å². The second kappa shape index (κ2) is 52.3. The summed E-state index contributed by atoms with van der Waals surface area (Å²) in [5, 5.41) is 57.0. The smallest absolute Gasteiger partial charge is 0.306 e. The molecule has 0 bridgehead atoms. The van der Waals surface area contributed by atoms with Gasteiger partial charge in [-0.1, -0.05) is 262 Å². The van der Waals surface area contributed by atoms with Crippen molar-refractivity contribution in [2.24, 2.45) is 0 Å². The average molecular weight is 1060 g/mol. The lowest BCUT2D eigenvalue weighted by atomic mass is 9.99. The number of amides is 1. The number of hydrogen-bond acceptors (Lipinski definition) is 10. The Kier molecular flexibility index (Phi) is 49.3. The summed E-state index contributed by atoms with van der Waals surface area (Å²) in [6.45, 7) is 5.77. The molecule has 0 aromatic carbocycles. The van der Waals surface area contributed by atoms with Crippen LogP contribution in [0.3, 0.4) is 0 Å². The Morgan fingerprint density at radius 2 is 0.920 bits per heavy atom. The minimum absolute atomic E-state index is 0.126. The van der Waals surface area contributed by atoms with Gasteiger partial charge in [-0.2, -0.15) is 0 Å². The van der Waals surface area contributed by atoms with Gasteiger partial charge in [0, 0.05) is 6.42 Å². The highest BCUT2D eigenvalue weighted by Gasteiger charge is 2.47. The van der Waals surface area contributed by atoms with E-state index in [4.69, 9.17) is 14.2 Å². The van der Waals surface area contributed by atoms with Crippen LogP contribution in [0.5, 0.6) is 0 Å². The lowest BCUT2D eigenvalue weighted by Gasteiger charge is -2.41. The summed E-state index contributed by atoms with van der Waals surface area (Å²) in [6.07, 6.45) is 52.9. The number of nitrogens with one attached hydrogen (secondary N) is 1. The van der Waals surface area contributed by atoms with Crippen molar-refractivity contribution in [1.29, 1.82) is 0 Å². The molecule has 1 rings (SSSR count). The zero-order valence-electron chi connectivity index (χ0n) is 48.4. The zero-order valence-corrected chi connectivity index (χ0v) is 48.4. The highest BCUT2D eigenvalue weighted by atomic mass is 16.7. The maximum Gasteiger partial charge on any atom is 0.306 e. The molecule has 0 aromatic rings. The number of carbonyl (C=O) groups excluding carboxylic acids is 2. The van der Waals surface area contributed by atoms with E-state index in [9.17, 15) is 35.1 Å². The summed E-state index contributed by atoms with van der Waals surface area (Å²) in [5.41, 5.74) is 0. The van der Waals surface area contributed by atoms with Crippen LogP contribution in [0.1, 0.15) is 284 Å². The molecule has 6 N–H and O–H groups in total. The van der Waals surface area contributed by atoms with E-state index in [1.807, 2.05) is 6.08 Å². The van der Waals surface area contributed by atoms with Gasteiger partial charge in [-0.25, -0.2) is 0 Å². The first-order chi connectivity index (χ1) is 36.7. The Morgan fingerprint density at radius 1 is 0.520 bits per heavy atom. The third-order valence-electron chi connectivity index (χ3n) is 14.7. The second-order valence-corrected chi connectivity index (χ2v) is 21.8. The second-order valence-electron chi connectivity index (χ2n) is 21.8. The topological polar surface area (TPSA) is 175 Å². The van der Waals surface area contributed by atoms with Gasteiger partial charge in [0.1, 0.15) is 24.4 Å². The van der Waals surface area contributed by atoms with E-state index in [-0.39, 0.29) is 19.4 Å². The predicted octanol–water partition coefficient (Wildman–Crippen LogP) is 14.8. The molecular formula is C64H117NO10. The molecule has 0 saturated carbocycles. The molecule has 1 aliphatic heterocycles. The number of unbranched alkanes of at least 4 members (excludes halogenated alkanes) is 33. The molecule has 75 heavy (non-hydrogen) atoms. The number of esters is 1. The van der Waals surface area contributed by atoms with Crippen molar-refractivity contribution < 1.29 is 49.3 Å². The Morgan fingerprint density at radius 3 is 1.40 bits per heavy atom. The molecule has 0 aliphatic carbocycles. The van der Waals surface area contributed by atoms with Crippen molar-refractivity contribution in [2.45, 2.75) is 333 Å². The van der Waals surface area contributed by atoms with Crippen LogP contribution in [0, 0.1) is 0 Å². The molecule has 1 amide bonds. The molecule has 1 fully saturated rings. The van der Waals surface area contributed by atoms with Crippen LogP contribution in [0.25, 0.3) is 0 Å². The van der Waals surface area contributed by atoms with Gasteiger partial charge in [-0.05, 0) is 64.2 Å². The molecule has 0 spiro atoms. The monoisotopic (exact) mass is 1060 g/mol. The minimum atomic E-state index is -1.61. The number of aliphatic hydroxyl groups is 5. The first kappa shape index (κ1) is 70.6. The third kappa shape index (κ3) is 40.5. The number of hydrogen-bond donors (Lipinski definition) is 6. The van der Waals surface area contributed by atoms with E-state index in [0.717, 1.165) is 83.5 Å². The summed E-state index contributed by atoms with van der Waals surface area (Å²) in [5.74, 6) is -1.19. The van der Waals surface area contributed by atoms with Gasteiger partial charge in [0.15, 0.2) is 12.4 Å². The van der Waals surface area contributed by atoms with Crippen molar-refractivity contribution in [1.82, 2.24) is 5.32 Å². The molecule has 1 saturated heterocycles. The number of carbonyl (C=O) groups is 2. The largest absolute Gasteiger partial charge is 0.454 e. The maximum absolute atomic E-state index is 13.4. The van der Waals surface area contributed by atoms with Gasteiger partial charge in [-0.3, -0.25) is 9.59 Å². The first-order valence-electron chi connectivity index (χ1n) is 31.4. The summed E-state index contributed by atoms with van der Waals surface area (Å²) in [6, 6.07) is -1.03. The van der Waals surface area contributed by atoms with Crippen LogP contribution in [-0.4, -0.2) is 99.6 Å². The van der Waals surface area contributed by atoms with Crippen molar-refractivity contribution in [3.63, 3.8) is 0 Å². The third-order valence-corrected chi connectivity index (χ3v) is 14.7. The van der Waals surface area contributed by atoms with Gasteiger partial charge in [-0.15, -0.1) is 0 Å². The first-order valence-corrected chi connectivity index (χ1v) is 31.4. The molecule has 8 atom stereocenters. The fourth-order valence-electron chi connectivity index (χ4n) is 9.72. The number of aliphatic hydroxyl groups excluding tert-OH is 5. The van der Waals surface area contributed by atoms with Crippen molar-refractivity contribution in [3.8, 4) is 0 Å². The summed E-state index contributed by atoms with van der Waals surface area (Å²) >= 11 is 0. The Bertz CT molecular complexity index is 1400. The van der Waals surface area contributed by atoms with Crippen LogP contribution >= 0.6 is 0 Å². The van der Waals surface area contributed by atoms with Gasteiger partial charge >= 0.3 is 5.97 Å². The predicted molar refractivity (Wildman–Crippen MR) is 310 cm³/mol. The van der Waals surface area contributed by atoms with Crippen LogP contribution in [0.15, 0.2) is 48.6 Å². The quantitative estimate of drug-likeness (QED) is 0.0195. The van der Waals surface area contributed by atoms with Crippen molar-refractivity contribution in [3.05, 3.63) is 48.6 Å². The normalized spacial score (nSPS) is 19.5. The van der Waals surface area contributed by atoms with Gasteiger partial charge in [0.25, 0.3) is 0 Å². The van der Waals surface area contributed by atoms with E-state index in [1.165, 1.54) is 154 Å². The highest BCUT2D eigenvalue weighted by molar-refractivity contribution is 5.80. The SMILES string of the molecule is CCCCC/C=C\C/C=C\C/C=C\CCCCCCCCCC(O)C(=O)NC(COC1OC(CO)C(O)C(O)C1OC(=O)CCCCCCCCCCCCCCCC)C(O)/C=C/CCCCCCCCCCCC. The van der Waals surface area contributed by atoms with E-state index in [1.54, 1.807) is 6.08 Å². The van der Waals surface area contributed by atoms with E-state index in [2.05, 4.69) is 62.5 Å². The molecule has 0 aromatic heterocycles. The van der Waals surface area contributed by atoms with Crippen molar-refractivity contribution in [2.75, 3.05) is 13.2 Å². The van der Waals surface area contributed by atoms with E-state index >= 15 is 0 Å². The molecule has 0 radical (unpaired) electrons. The molecule has 11 nitrogen and oxygen atoms in total. The summed E-state index contributed by atoms with van der Waals surface area (Å²) in [7, 11) is 0. The average Bonchev–Trinajstić information content (AvgIpc) is 3.41. The summed E-state index contributed by atoms with van der Waals surface area (Å²) < 4.78 is 17.6. The molecule has 438 valence electrons.